The van der Waals surface area contributed by atoms with Gasteiger partial charge in [-0.3, -0.25) is 50.0 Å². The van der Waals surface area contributed by atoms with E-state index in [2.05, 4.69) is 21.3 Å². The van der Waals surface area contributed by atoms with E-state index < -0.39 is 88.4 Å². The van der Waals surface area contributed by atoms with E-state index in [4.69, 9.17) is 9.47 Å². The second-order valence-corrected chi connectivity index (χ2v) is 19.7. The van der Waals surface area contributed by atoms with E-state index in [0.717, 1.165) is 17.3 Å². The predicted molar refractivity (Wildman–Crippen MR) is 255 cm³/mol. The maximum atomic E-state index is 15.7. The van der Waals surface area contributed by atoms with Crippen molar-refractivity contribution in [2.24, 2.45) is 10.8 Å². The minimum Gasteiger partial charge on any atom is -0.372 e. The molecule has 6 atom stereocenters. The van der Waals surface area contributed by atoms with Gasteiger partial charge in [-0.1, -0.05) is 24.3 Å². The van der Waals surface area contributed by atoms with Gasteiger partial charge in [-0.25, -0.2) is 22.8 Å². The van der Waals surface area contributed by atoms with Crippen LogP contribution in [0.2, 0.25) is 0 Å². The first kappa shape index (κ1) is 50.3. The molecule has 10 amide bonds. The number of rotatable bonds is 6. The number of fused-ring (bicyclic) bond motifs is 8. The fourth-order valence-corrected chi connectivity index (χ4v) is 11.6. The van der Waals surface area contributed by atoms with Crippen LogP contribution in [0.25, 0.3) is 0 Å². The van der Waals surface area contributed by atoms with Gasteiger partial charge in [-0.05, 0) is 111 Å². The third-order valence-electron chi connectivity index (χ3n) is 14.5. The highest BCUT2D eigenvalue weighted by atomic mass is 19.1. The molecule has 4 saturated heterocycles. The van der Waals surface area contributed by atoms with Gasteiger partial charge in [-0.2, -0.15) is 0 Å². The topological polar surface area (TPSA) is 216 Å². The molecule has 18 nitrogen and oxygen atoms in total. The van der Waals surface area contributed by atoms with Crippen molar-refractivity contribution in [2.45, 2.75) is 90.1 Å². The fourth-order valence-electron chi connectivity index (χ4n) is 11.6. The lowest BCUT2D eigenvalue weighted by Crippen LogP contribution is -2.75. The number of benzene rings is 4. The van der Waals surface area contributed by atoms with Crippen LogP contribution in [0, 0.1) is 28.3 Å². The number of hydrogen-bond donors (Lipinski definition) is 4. The van der Waals surface area contributed by atoms with Gasteiger partial charge in [-0.15, -0.1) is 0 Å². The van der Waals surface area contributed by atoms with E-state index in [1.165, 1.54) is 40.1 Å². The lowest BCUT2D eigenvalue weighted by molar-refractivity contribution is -0.154. The molecule has 0 aliphatic carbocycles. The summed E-state index contributed by atoms with van der Waals surface area (Å²) < 4.78 is 54.1. The molecule has 6 aliphatic heterocycles. The van der Waals surface area contributed by atoms with Gasteiger partial charge in [0.15, 0.2) is 10.8 Å². The molecule has 0 unspecified atom stereocenters. The van der Waals surface area contributed by atoms with Gasteiger partial charge in [0, 0.05) is 63.5 Å². The number of anilines is 2. The van der Waals surface area contributed by atoms with Gasteiger partial charge >= 0.3 is 12.1 Å². The standard InChI is InChI=1S/C26H26F2N4O5.C26H27FN4O5/c1-13-11-32-20-17(10-26(21(32)14(2)37-13)23(34)29-25(36)30-24(26)35)8-16(9-19(20)28)22(33)31(3)12-15-4-6-18(27)7-5-15;1-14-12-31-20-9-6-17(22(32)30(3)13-16-4-7-19(27)8-5-16)10-18(20)11-26(21(31)15(2)36-14)23(33)28-25(35)29-24(26)34/h4-9,13-14,21H,10-12H2,1-3H3,(H2,29,30,34,35,36);4-10,14-15,21H,11-13H2,1-3H3,(H2,28,29,33,34,35)/t13-,14+,21-;14-,15+,21-/m11/s1. The van der Waals surface area contributed by atoms with Crippen molar-refractivity contribution in [1.82, 2.24) is 31.1 Å². The second kappa shape index (κ2) is 19.1. The van der Waals surface area contributed by atoms with Crippen LogP contribution in [-0.4, -0.2) is 121 Å². The lowest BCUT2D eigenvalue weighted by Gasteiger charge is -2.55. The van der Waals surface area contributed by atoms with Gasteiger partial charge in [0.1, 0.15) is 17.5 Å². The van der Waals surface area contributed by atoms with E-state index >= 15 is 4.39 Å². The molecule has 21 heteroatoms. The Bertz CT molecular complexity index is 2930. The Morgan fingerprint density at radius 2 is 0.986 bits per heavy atom. The van der Waals surface area contributed by atoms with Crippen molar-refractivity contribution in [3.05, 3.63) is 130 Å². The zero-order valence-corrected chi connectivity index (χ0v) is 40.7. The van der Waals surface area contributed by atoms with Crippen LogP contribution in [0.15, 0.2) is 78.9 Å². The summed E-state index contributed by atoms with van der Waals surface area (Å²) >= 11 is 0. The SMILES string of the molecule is C[C@@H]1CN2c3c(F)cc(C(=O)N(C)Cc4ccc(F)cc4)cc3CC3(C(=O)NC(=O)NC3=O)[C@H]2[C@H](C)O1.C[C@@H]1CN2c3ccc(C(=O)N(C)Cc4ccc(F)cc4)cc3CC3(C(=O)NC(=O)NC3=O)[C@H]2[C@H](C)O1. The number of urea groups is 2. The summed E-state index contributed by atoms with van der Waals surface area (Å²) in [4.78, 5) is 110. The van der Waals surface area contributed by atoms with Crippen LogP contribution in [0.4, 0.5) is 34.1 Å². The first-order valence-electron chi connectivity index (χ1n) is 23.7. The van der Waals surface area contributed by atoms with Gasteiger partial charge in [0.25, 0.3) is 11.8 Å². The highest BCUT2D eigenvalue weighted by Crippen LogP contribution is 2.49. The molecule has 0 radical (unpaired) electrons. The number of barbiturate groups is 2. The van der Waals surface area contributed by atoms with Crippen molar-refractivity contribution in [3.8, 4) is 0 Å². The molecule has 382 valence electrons. The number of imide groups is 4. The number of carbonyl (C=O) groups is 8. The van der Waals surface area contributed by atoms with Crippen molar-refractivity contribution < 1.29 is 61.0 Å². The largest absolute Gasteiger partial charge is 0.372 e. The lowest BCUT2D eigenvalue weighted by atomic mass is 9.66. The summed E-state index contributed by atoms with van der Waals surface area (Å²) in [7, 11) is 3.20. The Morgan fingerprint density at radius 1 is 0.575 bits per heavy atom. The molecular weight excluding hydrogens is 954 g/mol. The first-order chi connectivity index (χ1) is 34.6. The number of halogens is 3. The Labute approximate surface area is 417 Å². The highest BCUT2D eigenvalue weighted by Gasteiger charge is 2.64. The summed E-state index contributed by atoms with van der Waals surface area (Å²) in [5.41, 5.74) is 0.527. The summed E-state index contributed by atoms with van der Waals surface area (Å²) in [6, 6.07) is 16.3. The summed E-state index contributed by atoms with van der Waals surface area (Å²) in [5.74, 6) is -5.09. The number of amides is 10. The maximum Gasteiger partial charge on any atom is 0.328 e. The Hall–Kier alpha value is -7.65. The smallest absolute Gasteiger partial charge is 0.328 e. The van der Waals surface area contributed by atoms with E-state index in [-0.39, 0.29) is 67.7 Å². The number of morpholine rings is 2. The molecule has 0 bridgehead atoms. The zero-order chi connectivity index (χ0) is 52.4. The Morgan fingerprint density at radius 3 is 1.47 bits per heavy atom. The van der Waals surface area contributed by atoms with Crippen molar-refractivity contribution in [3.63, 3.8) is 0 Å². The average molecular weight is 1010 g/mol. The van der Waals surface area contributed by atoms with E-state index in [1.807, 2.05) is 24.8 Å². The first-order valence-corrected chi connectivity index (χ1v) is 23.7. The van der Waals surface area contributed by atoms with E-state index in [1.54, 1.807) is 69.2 Å². The molecule has 6 heterocycles. The predicted octanol–water partition coefficient (Wildman–Crippen LogP) is 4.12. The normalized spacial score (nSPS) is 24.3. The third kappa shape index (κ3) is 8.93. The summed E-state index contributed by atoms with van der Waals surface area (Å²) in [6.07, 6.45) is -1.79. The summed E-state index contributed by atoms with van der Waals surface area (Å²) in [6.45, 7) is 8.33. The molecule has 73 heavy (non-hydrogen) atoms. The number of hydrogen-bond acceptors (Lipinski definition) is 12. The number of nitrogens with zero attached hydrogens (tertiary/aromatic N) is 4. The molecule has 2 spiro atoms. The van der Waals surface area contributed by atoms with Crippen molar-refractivity contribution in [2.75, 3.05) is 37.0 Å². The van der Waals surface area contributed by atoms with Crippen LogP contribution >= 0.6 is 0 Å². The highest BCUT2D eigenvalue weighted by molar-refractivity contribution is 6.21. The molecule has 0 aromatic heterocycles. The van der Waals surface area contributed by atoms with Crippen molar-refractivity contribution in [1.29, 1.82) is 0 Å². The molecule has 0 saturated carbocycles. The van der Waals surface area contributed by atoms with E-state index in [0.29, 0.717) is 28.8 Å². The average Bonchev–Trinajstić information content (AvgIpc) is 3.32. The van der Waals surface area contributed by atoms with Crippen LogP contribution in [0.5, 0.6) is 0 Å². The third-order valence-corrected chi connectivity index (χ3v) is 14.5. The molecule has 6 aliphatic rings. The molecule has 4 fully saturated rings. The van der Waals surface area contributed by atoms with Crippen LogP contribution in [-0.2, 0) is 54.6 Å². The Kier molecular flexibility index (Phi) is 13.1. The molecule has 4 aromatic carbocycles. The minimum absolute atomic E-state index is 0.0132. The minimum atomic E-state index is -1.77. The maximum absolute atomic E-state index is 15.7. The molecule has 4 aromatic rings. The second-order valence-electron chi connectivity index (χ2n) is 19.7. The number of nitrogens with one attached hydrogen (secondary N) is 4. The zero-order valence-electron chi connectivity index (χ0n) is 40.7. The van der Waals surface area contributed by atoms with Crippen molar-refractivity contribution >= 4 is 58.9 Å². The van der Waals surface area contributed by atoms with Gasteiger partial charge < -0.3 is 29.1 Å². The van der Waals surface area contributed by atoms with Crippen LogP contribution in [0.1, 0.15) is 70.7 Å². The number of ether oxygens (including phenoxy) is 2. The van der Waals surface area contributed by atoms with E-state index in [9.17, 15) is 47.1 Å². The van der Waals surface area contributed by atoms with Gasteiger partial charge in [0.05, 0.1) is 42.2 Å². The summed E-state index contributed by atoms with van der Waals surface area (Å²) in [5, 5.41) is 8.88. The quantitative estimate of drug-likeness (QED) is 0.201. The fraction of sp³-hybridized carbons (Fsp3) is 0.385. The monoisotopic (exact) mass is 1010 g/mol. The molecular formula is C52H53F3N8O10. The number of carbonyl (C=O) groups excluding carboxylic acids is 8. The Balaban J connectivity index is 0.000000180. The van der Waals surface area contributed by atoms with Crippen LogP contribution in [0.3, 0.4) is 0 Å². The molecule has 10 rings (SSSR count). The van der Waals surface area contributed by atoms with Gasteiger partial charge in [0.2, 0.25) is 23.6 Å². The molecule has 4 N–H and O–H groups in total. The van der Waals surface area contributed by atoms with Crippen LogP contribution < -0.4 is 31.1 Å².